The smallest absolute Gasteiger partial charge is 0.230 e. The van der Waals surface area contributed by atoms with E-state index in [-0.39, 0.29) is 5.91 Å². The molecule has 0 saturated carbocycles. The Hall–Kier alpha value is -1.72. The molecule has 1 amide bonds. The van der Waals surface area contributed by atoms with Crippen molar-refractivity contribution in [2.24, 2.45) is 0 Å². The molecule has 0 fully saturated rings. The first-order chi connectivity index (χ1) is 9.70. The molecule has 1 aromatic heterocycles. The maximum absolute atomic E-state index is 11.6. The second-order valence-corrected chi connectivity index (χ2v) is 5.32. The number of imidazole rings is 1. The quantitative estimate of drug-likeness (QED) is 0.659. The van der Waals surface area contributed by atoms with E-state index in [1.54, 1.807) is 12.3 Å². The third-order valence-electron chi connectivity index (χ3n) is 2.47. The van der Waals surface area contributed by atoms with Gasteiger partial charge in [-0.15, -0.1) is 6.58 Å². The molecule has 20 heavy (non-hydrogen) atoms. The van der Waals surface area contributed by atoms with Crippen molar-refractivity contribution in [3.8, 4) is 5.69 Å². The molecule has 0 bridgehead atoms. The fraction of sp³-hybridized carbons (Fsp3) is 0.143. The average molecular weight is 308 g/mol. The van der Waals surface area contributed by atoms with Crippen LogP contribution in [0.25, 0.3) is 5.69 Å². The molecule has 0 spiro atoms. The van der Waals surface area contributed by atoms with Crippen molar-refractivity contribution in [1.82, 2.24) is 14.9 Å². The Labute approximate surface area is 126 Å². The van der Waals surface area contributed by atoms with Crippen molar-refractivity contribution in [3.63, 3.8) is 0 Å². The first-order valence-corrected chi connectivity index (χ1v) is 7.36. The van der Waals surface area contributed by atoms with E-state index in [9.17, 15) is 4.79 Å². The van der Waals surface area contributed by atoms with E-state index in [2.05, 4.69) is 16.9 Å². The van der Waals surface area contributed by atoms with Gasteiger partial charge in [-0.05, 0) is 18.2 Å². The van der Waals surface area contributed by atoms with E-state index in [4.69, 9.17) is 11.6 Å². The van der Waals surface area contributed by atoms with E-state index in [1.165, 1.54) is 11.8 Å². The van der Waals surface area contributed by atoms with E-state index >= 15 is 0 Å². The number of amides is 1. The summed E-state index contributed by atoms with van der Waals surface area (Å²) >= 11 is 7.36. The lowest BCUT2D eigenvalue weighted by atomic mass is 10.3. The highest BCUT2D eigenvalue weighted by atomic mass is 35.5. The number of carbonyl (C=O) groups is 1. The molecular formula is C14H14ClN3OS. The van der Waals surface area contributed by atoms with Crippen molar-refractivity contribution in [2.45, 2.75) is 5.16 Å². The van der Waals surface area contributed by atoms with Gasteiger partial charge in [-0.3, -0.25) is 9.36 Å². The number of benzene rings is 1. The van der Waals surface area contributed by atoms with Crippen LogP contribution in [0.3, 0.4) is 0 Å². The standard InChI is InChI=1S/C14H14ClN3OS/c1-2-6-16-13(19)10-20-14-17-7-8-18(14)12-5-3-4-11(15)9-12/h2-5,7-9H,1,6,10H2,(H,16,19). The third-order valence-corrected chi connectivity index (χ3v) is 3.67. The number of aromatic nitrogens is 2. The zero-order valence-corrected chi connectivity index (χ0v) is 12.3. The monoisotopic (exact) mass is 307 g/mol. The Morgan fingerprint density at radius 2 is 2.40 bits per heavy atom. The summed E-state index contributed by atoms with van der Waals surface area (Å²) in [5.41, 5.74) is 0.920. The van der Waals surface area contributed by atoms with Gasteiger partial charge in [-0.25, -0.2) is 4.98 Å². The van der Waals surface area contributed by atoms with Crippen LogP contribution < -0.4 is 5.32 Å². The van der Waals surface area contributed by atoms with Gasteiger partial charge in [0.1, 0.15) is 0 Å². The maximum Gasteiger partial charge on any atom is 0.230 e. The predicted molar refractivity (Wildman–Crippen MR) is 82.5 cm³/mol. The third kappa shape index (κ3) is 3.88. The Bertz CT molecular complexity index is 612. The van der Waals surface area contributed by atoms with Crippen LogP contribution in [0.2, 0.25) is 5.02 Å². The summed E-state index contributed by atoms with van der Waals surface area (Å²) in [5, 5.41) is 4.14. The number of halogens is 1. The highest BCUT2D eigenvalue weighted by Crippen LogP contribution is 2.22. The van der Waals surface area contributed by atoms with Gasteiger partial charge in [0.2, 0.25) is 5.91 Å². The summed E-state index contributed by atoms with van der Waals surface area (Å²) in [6.45, 7) is 4.03. The number of nitrogens with zero attached hydrogens (tertiary/aromatic N) is 2. The van der Waals surface area contributed by atoms with Crippen molar-refractivity contribution in [1.29, 1.82) is 0 Å². The van der Waals surface area contributed by atoms with Crippen LogP contribution in [0.4, 0.5) is 0 Å². The molecule has 2 rings (SSSR count). The molecular weight excluding hydrogens is 294 g/mol. The zero-order chi connectivity index (χ0) is 14.4. The molecule has 0 atom stereocenters. The number of carbonyl (C=O) groups excluding carboxylic acids is 1. The molecule has 0 radical (unpaired) electrons. The molecule has 1 heterocycles. The Kier molecular flexibility index (Phi) is 5.26. The SMILES string of the molecule is C=CCNC(=O)CSc1nccn1-c1cccc(Cl)c1. The normalized spacial score (nSPS) is 10.2. The summed E-state index contributed by atoms with van der Waals surface area (Å²) in [5.74, 6) is 0.265. The molecule has 1 aromatic carbocycles. The second kappa shape index (κ2) is 7.17. The number of nitrogens with one attached hydrogen (secondary N) is 1. The van der Waals surface area contributed by atoms with Crippen LogP contribution in [-0.2, 0) is 4.79 Å². The van der Waals surface area contributed by atoms with E-state index < -0.39 is 0 Å². The molecule has 0 aliphatic carbocycles. The number of hydrogen-bond donors (Lipinski definition) is 1. The van der Waals surface area contributed by atoms with Crippen LogP contribution in [0.5, 0.6) is 0 Å². The molecule has 6 heteroatoms. The summed E-state index contributed by atoms with van der Waals surface area (Å²) in [4.78, 5) is 15.8. The minimum absolute atomic E-state index is 0.0458. The number of thioether (sulfide) groups is 1. The average Bonchev–Trinajstić information content (AvgIpc) is 2.91. The topological polar surface area (TPSA) is 46.9 Å². The predicted octanol–water partition coefficient (Wildman–Crippen LogP) is 2.92. The van der Waals surface area contributed by atoms with Gasteiger partial charge in [-0.1, -0.05) is 35.5 Å². The zero-order valence-electron chi connectivity index (χ0n) is 10.8. The summed E-state index contributed by atoms with van der Waals surface area (Å²) in [6.07, 6.45) is 5.19. The molecule has 4 nitrogen and oxygen atoms in total. The van der Waals surface area contributed by atoms with Gasteiger partial charge < -0.3 is 5.32 Å². The fourth-order valence-corrected chi connectivity index (χ4v) is 2.57. The van der Waals surface area contributed by atoms with Crippen LogP contribution in [0, 0.1) is 0 Å². The fourth-order valence-electron chi connectivity index (χ4n) is 1.59. The van der Waals surface area contributed by atoms with Gasteiger partial charge in [-0.2, -0.15) is 0 Å². The molecule has 0 aliphatic heterocycles. The molecule has 1 N–H and O–H groups in total. The minimum atomic E-state index is -0.0458. The molecule has 104 valence electrons. The largest absolute Gasteiger partial charge is 0.352 e. The second-order valence-electron chi connectivity index (χ2n) is 3.94. The van der Waals surface area contributed by atoms with Crippen LogP contribution >= 0.6 is 23.4 Å². The van der Waals surface area contributed by atoms with Gasteiger partial charge in [0.15, 0.2) is 5.16 Å². The highest BCUT2D eigenvalue weighted by Gasteiger charge is 2.08. The van der Waals surface area contributed by atoms with Gasteiger partial charge in [0.05, 0.1) is 5.75 Å². The lowest BCUT2D eigenvalue weighted by Crippen LogP contribution is -2.25. The first-order valence-electron chi connectivity index (χ1n) is 6.00. The van der Waals surface area contributed by atoms with Crippen molar-refractivity contribution in [2.75, 3.05) is 12.3 Å². The van der Waals surface area contributed by atoms with E-state index in [0.717, 1.165) is 10.8 Å². The molecule has 2 aromatic rings. The van der Waals surface area contributed by atoms with Crippen LogP contribution in [0.1, 0.15) is 0 Å². The maximum atomic E-state index is 11.6. The summed E-state index contributed by atoms with van der Waals surface area (Å²) in [7, 11) is 0. The summed E-state index contributed by atoms with van der Waals surface area (Å²) < 4.78 is 1.90. The lowest BCUT2D eigenvalue weighted by molar-refractivity contribution is -0.118. The van der Waals surface area contributed by atoms with E-state index in [1.807, 2.05) is 35.0 Å². The van der Waals surface area contributed by atoms with Crippen molar-refractivity contribution >= 4 is 29.3 Å². The molecule has 0 aliphatic rings. The Morgan fingerprint density at radius 1 is 1.55 bits per heavy atom. The minimum Gasteiger partial charge on any atom is -0.352 e. The van der Waals surface area contributed by atoms with Crippen molar-refractivity contribution in [3.05, 3.63) is 54.3 Å². The van der Waals surface area contributed by atoms with Crippen LogP contribution in [0.15, 0.2) is 54.5 Å². The van der Waals surface area contributed by atoms with Crippen LogP contribution in [-0.4, -0.2) is 27.8 Å². The molecule has 0 unspecified atom stereocenters. The van der Waals surface area contributed by atoms with Gasteiger partial charge in [0.25, 0.3) is 0 Å². The number of hydrogen-bond acceptors (Lipinski definition) is 3. The molecule has 0 saturated heterocycles. The summed E-state index contributed by atoms with van der Waals surface area (Å²) in [6, 6.07) is 7.49. The Balaban J connectivity index is 2.05. The van der Waals surface area contributed by atoms with Gasteiger partial charge in [0, 0.05) is 29.6 Å². The first kappa shape index (κ1) is 14.7. The highest BCUT2D eigenvalue weighted by molar-refractivity contribution is 7.99. The van der Waals surface area contributed by atoms with Gasteiger partial charge >= 0.3 is 0 Å². The Morgan fingerprint density at radius 3 is 3.15 bits per heavy atom. The van der Waals surface area contributed by atoms with E-state index in [0.29, 0.717) is 17.3 Å². The lowest BCUT2D eigenvalue weighted by Gasteiger charge is -2.07. The van der Waals surface area contributed by atoms with Crippen molar-refractivity contribution < 1.29 is 4.79 Å². The number of rotatable bonds is 6.